The van der Waals surface area contributed by atoms with Crippen LogP contribution in [-0.2, 0) is 6.54 Å². The number of hydrogen-bond donors (Lipinski definition) is 2. The van der Waals surface area contributed by atoms with Crippen LogP contribution in [0.5, 0.6) is 0 Å². The zero-order valence-electron chi connectivity index (χ0n) is 10.5. The standard InChI is InChI=1S/C13H14N4O2/c1-9-4-2-3-5-10(9)8-15-12-7-6-11(17(18)19)13(14)16-12/h2-7H,8H2,1H3,(H3,14,15,16). The van der Waals surface area contributed by atoms with Crippen molar-refractivity contribution in [1.29, 1.82) is 0 Å². The van der Waals surface area contributed by atoms with E-state index in [1.54, 1.807) is 6.07 Å². The van der Waals surface area contributed by atoms with E-state index in [0.717, 1.165) is 5.56 Å². The number of hydrogen-bond acceptors (Lipinski definition) is 5. The van der Waals surface area contributed by atoms with Crippen molar-refractivity contribution >= 4 is 17.3 Å². The Bertz CT molecular complexity index is 613. The molecule has 0 aliphatic carbocycles. The molecule has 1 aromatic heterocycles. The second kappa shape index (κ2) is 5.34. The van der Waals surface area contributed by atoms with Gasteiger partial charge in [0.1, 0.15) is 5.82 Å². The highest BCUT2D eigenvalue weighted by atomic mass is 16.6. The largest absolute Gasteiger partial charge is 0.378 e. The molecule has 0 saturated carbocycles. The van der Waals surface area contributed by atoms with E-state index in [2.05, 4.69) is 10.3 Å². The third-order valence-corrected chi connectivity index (χ3v) is 2.82. The number of nitrogens with one attached hydrogen (secondary N) is 1. The Morgan fingerprint density at radius 3 is 2.68 bits per heavy atom. The summed E-state index contributed by atoms with van der Waals surface area (Å²) in [4.78, 5) is 14.0. The molecule has 19 heavy (non-hydrogen) atoms. The molecular weight excluding hydrogens is 244 g/mol. The lowest BCUT2D eigenvalue weighted by molar-refractivity contribution is -0.384. The van der Waals surface area contributed by atoms with Crippen molar-refractivity contribution in [1.82, 2.24) is 4.98 Å². The van der Waals surface area contributed by atoms with Crippen molar-refractivity contribution in [3.63, 3.8) is 0 Å². The summed E-state index contributed by atoms with van der Waals surface area (Å²) in [5.74, 6) is 0.436. The Balaban J connectivity index is 2.11. The number of rotatable bonds is 4. The third kappa shape index (κ3) is 2.98. The van der Waals surface area contributed by atoms with Gasteiger partial charge in [-0.2, -0.15) is 0 Å². The highest BCUT2D eigenvalue weighted by molar-refractivity contribution is 5.57. The van der Waals surface area contributed by atoms with Gasteiger partial charge in [-0.3, -0.25) is 10.1 Å². The zero-order valence-corrected chi connectivity index (χ0v) is 10.5. The second-order valence-electron chi connectivity index (χ2n) is 4.14. The van der Waals surface area contributed by atoms with Gasteiger partial charge in [-0.15, -0.1) is 0 Å². The molecule has 1 heterocycles. The highest BCUT2D eigenvalue weighted by Gasteiger charge is 2.12. The van der Waals surface area contributed by atoms with Crippen LogP contribution in [0.1, 0.15) is 11.1 Å². The molecule has 0 saturated heterocycles. The lowest BCUT2D eigenvalue weighted by atomic mass is 10.1. The van der Waals surface area contributed by atoms with Crippen LogP contribution in [-0.4, -0.2) is 9.91 Å². The molecule has 0 aliphatic heterocycles. The number of aryl methyl sites for hydroxylation is 1. The van der Waals surface area contributed by atoms with Crippen LogP contribution in [0.3, 0.4) is 0 Å². The summed E-state index contributed by atoms with van der Waals surface area (Å²) in [5.41, 5.74) is 7.66. The Hall–Kier alpha value is -2.63. The summed E-state index contributed by atoms with van der Waals surface area (Å²) in [6, 6.07) is 10.9. The van der Waals surface area contributed by atoms with Gasteiger partial charge in [0, 0.05) is 12.6 Å². The topological polar surface area (TPSA) is 94.1 Å². The van der Waals surface area contributed by atoms with E-state index in [9.17, 15) is 10.1 Å². The Kier molecular flexibility index (Phi) is 3.61. The van der Waals surface area contributed by atoms with Crippen molar-refractivity contribution < 1.29 is 4.92 Å². The van der Waals surface area contributed by atoms with E-state index in [4.69, 9.17) is 5.73 Å². The minimum atomic E-state index is -0.548. The minimum absolute atomic E-state index is 0.0835. The van der Waals surface area contributed by atoms with Crippen molar-refractivity contribution in [2.45, 2.75) is 13.5 Å². The quantitative estimate of drug-likeness (QED) is 0.649. The van der Waals surface area contributed by atoms with E-state index in [1.807, 2.05) is 31.2 Å². The average molecular weight is 258 g/mol. The van der Waals surface area contributed by atoms with E-state index < -0.39 is 4.92 Å². The first kappa shape index (κ1) is 12.8. The molecule has 98 valence electrons. The van der Waals surface area contributed by atoms with Crippen LogP contribution < -0.4 is 11.1 Å². The van der Waals surface area contributed by atoms with Gasteiger partial charge in [-0.05, 0) is 24.1 Å². The maximum absolute atomic E-state index is 10.6. The van der Waals surface area contributed by atoms with Crippen molar-refractivity contribution in [3.8, 4) is 0 Å². The molecule has 2 aromatic rings. The smallest absolute Gasteiger partial charge is 0.311 e. The normalized spacial score (nSPS) is 10.2. The monoisotopic (exact) mass is 258 g/mol. The summed E-state index contributed by atoms with van der Waals surface area (Å²) in [6.45, 7) is 2.62. The highest BCUT2D eigenvalue weighted by Crippen LogP contribution is 2.21. The number of anilines is 2. The Morgan fingerprint density at radius 1 is 1.32 bits per heavy atom. The number of nitro groups is 1. The predicted octanol–water partition coefficient (Wildman–Crippen LogP) is 2.49. The first-order valence-corrected chi connectivity index (χ1v) is 5.77. The number of pyridine rings is 1. The molecule has 0 fully saturated rings. The minimum Gasteiger partial charge on any atom is -0.378 e. The molecule has 6 nitrogen and oxygen atoms in total. The maximum atomic E-state index is 10.6. The number of nitrogen functional groups attached to an aromatic ring is 1. The van der Waals surface area contributed by atoms with Gasteiger partial charge >= 0.3 is 5.69 Å². The number of aromatic nitrogens is 1. The molecule has 6 heteroatoms. The van der Waals surface area contributed by atoms with Gasteiger partial charge < -0.3 is 11.1 Å². The van der Waals surface area contributed by atoms with Crippen LogP contribution in [0.25, 0.3) is 0 Å². The van der Waals surface area contributed by atoms with E-state index >= 15 is 0 Å². The van der Waals surface area contributed by atoms with E-state index in [-0.39, 0.29) is 11.5 Å². The van der Waals surface area contributed by atoms with Crippen molar-refractivity contribution in [3.05, 3.63) is 57.6 Å². The number of nitrogens with zero attached hydrogens (tertiary/aromatic N) is 2. The first-order chi connectivity index (χ1) is 9.08. The zero-order chi connectivity index (χ0) is 13.8. The number of benzene rings is 1. The average Bonchev–Trinajstić information content (AvgIpc) is 2.37. The molecule has 2 rings (SSSR count). The molecule has 0 unspecified atom stereocenters. The maximum Gasteiger partial charge on any atom is 0.311 e. The van der Waals surface area contributed by atoms with Gasteiger partial charge in [0.15, 0.2) is 0 Å². The lowest BCUT2D eigenvalue weighted by Crippen LogP contribution is -2.05. The van der Waals surface area contributed by atoms with Crippen molar-refractivity contribution in [2.75, 3.05) is 11.1 Å². The van der Waals surface area contributed by atoms with Crippen LogP contribution in [0.15, 0.2) is 36.4 Å². The second-order valence-corrected chi connectivity index (χ2v) is 4.14. The molecule has 3 N–H and O–H groups in total. The molecule has 0 amide bonds. The van der Waals surface area contributed by atoms with Gasteiger partial charge in [0.05, 0.1) is 4.92 Å². The SMILES string of the molecule is Cc1ccccc1CNc1ccc([N+](=O)[O-])c(N)n1. The van der Waals surface area contributed by atoms with E-state index in [1.165, 1.54) is 11.6 Å². The molecule has 0 bridgehead atoms. The Morgan fingerprint density at radius 2 is 2.05 bits per heavy atom. The molecule has 0 aliphatic rings. The summed E-state index contributed by atoms with van der Waals surface area (Å²) in [7, 11) is 0. The fraction of sp³-hybridized carbons (Fsp3) is 0.154. The number of nitrogens with two attached hydrogens (primary N) is 1. The summed E-state index contributed by atoms with van der Waals surface area (Å²) >= 11 is 0. The van der Waals surface area contributed by atoms with Crippen LogP contribution >= 0.6 is 0 Å². The summed E-state index contributed by atoms with van der Waals surface area (Å²) < 4.78 is 0. The molecule has 0 radical (unpaired) electrons. The summed E-state index contributed by atoms with van der Waals surface area (Å²) in [5, 5.41) is 13.7. The summed E-state index contributed by atoms with van der Waals surface area (Å²) in [6.07, 6.45) is 0. The van der Waals surface area contributed by atoms with Crippen LogP contribution in [0, 0.1) is 17.0 Å². The third-order valence-electron chi connectivity index (χ3n) is 2.82. The Labute approximate surface area is 110 Å². The van der Waals surface area contributed by atoms with Gasteiger partial charge in [-0.25, -0.2) is 4.98 Å². The molecule has 1 aromatic carbocycles. The van der Waals surface area contributed by atoms with Crippen molar-refractivity contribution in [2.24, 2.45) is 0 Å². The fourth-order valence-electron chi connectivity index (χ4n) is 1.71. The molecule has 0 spiro atoms. The first-order valence-electron chi connectivity index (χ1n) is 5.77. The van der Waals surface area contributed by atoms with Crippen LogP contribution in [0.2, 0.25) is 0 Å². The van der Waals surface area contributed by atoms with Gasteiger partial charge in [0.25, 0.3) is 0 Å². The molecule has 0 atom stereocenters. The van der Waals surface area contributed by atoms with Crippen LogP contribution in [0.4, 0.5) is 17.3 Å². The lowest BCUT2D eigenvalue weighted by Gasteiger charge is -2.08. The fourth-order valence-corrected chi connectivity index (χ4v) is 1.71. The predicted molar refractivity (Wildman–Crippen MR) is 73.8 cm³/mol. The van der Waals surface area contributed by atoms with Gasteiger partial charge in [-0.1, -0.05) is 24.3 Å². The molecular formula is C13H14N4O2. The van der Waals surface area contributed by atoms with E-state index in [0.29, 0.717) is 12.4 Å². The van der Waals surface area contributed by atoms with Gasteiger partial charge in [0.2, 0.25) is 5.82 Å².